The zero-order valence-electron chi connectivity index (χ0n) is 12.2. The largest absolute Gasteiger partial charge is 0.494 e. The fourth-order valence-corrected chi connectivity index (χ4v) is 2.67. The average molecular weight is 352 g/mol. The number of nitrogens with zero attached hydrogens (tertiary/aromatic N) is 2. The van der Waals surface area contributed by atoms with E-state index in [0.717, 1.165) is 18.1 Å². The number of methoxy groups -OCH3 is 1. The third kappa shape index (κ3) is 3.19. The number of aliphatic carboxylic acids is 1. The number of anilines is 1. The molecule has 132 valence electrons. The minimum absolute atomic E-state index is 0.323. The molecule has 0 saturated carbocycles. The van der Waals surface area contributed by atoms with Crippen LogP contribution in [0.15, 0.2) is 12.1 Å². The molecule has 0 spiro atoms. The predicted octanol–water partition coefficient (Wildman–Crippen LogP) is 2.44. The Labute approximate surface area is 132 Å². The number of nitro benzene ring substituents is 1. The second kappa shape index (κ2) is 6.13. The van der Waals surface area contributed by atoms with Crippen LogP contribution in [0.4, 0.5) is 28.9 Å². The number of halogens is 4. The Hall–Kier alpha value is -2.59. The van der Waals surface area contributed by atoms with Crippen molar-refractivity contribution in [2.75, 3.05) is 25.1 Å². The first-order chi connectivity index (χ1) is 11.1. The maximum atomic E-state index is 13.6. The number of carbonyl (C=O) groups is 1. The van der Waals surface area contributed by atoms with E-state index in [9.17, 15) is 32.5 Å². The van der Waals surface area contributed by atoms with Crippen molar-refractivity contribution in [2.24, 2.45) is 11.8 Å². The summed E-state index contributed by atoms with van der Waals surface area (Å²) in [6, 6.07) is 1.43. The molecule has 1 fully saturated rings. The molecule has 2 rings (SSSR count). The molecule has 7 nitrogen and oxygen atoms in total. The fraction of sp³-hybridized carbons (Fsp3) is 0.462. The molecule has 1 aliphatic heterocycles. The minimum atomic E-state index is -4.78. The van der Waals surface area contributed by atoms with Crippen LogP contribution in [0.2, 0.25) is 0 Å². The highest BCUT2D eigenvalue weighted by atomic mass is 19.4. The summed E-state index contributed by atoms with van der Waals surface area (Å²) >= 11 is 0. The number of carboxylic acids is 1. The minimum Gasteiger partial charge on any atom is -0.494 e. The van der Waals surface area contributed by atoms with Gasteiger partial charge >= 0.3 is 12.1 Å². The van der Waals surface area contributed by atoms with Gasteiger partial charge in [0.25, 0.3) is 5.69 Å². The van der Waals surface area contributed by atoms with Gasteiger partial charge in [-0.2, -0.15) is 13.2 Å². The molecule has 0 aromatic heterocycles. The van der Waals surface area contributed by atoms with Gasteiger partial charge in [0.15, 0.2) is 11.6 Å². The van der Waals surface area contributed by atoms with Crippen molar-refractivity contribution in [1.82, 2.24) is 0 Å². The first-order valence-electron chi connectivity index (χ1n) is 6.62. The normalized spacial score (nSPS) is 21.0. The molecular weight excluding hydrogens is 340 g/mol. The van der Waals surface area contributed by atoms with Crippen molar-refractivity contribution in [3.8, 4) is 5.75 Å². The number of hydrogen-bond donors (Lipinski definition) is 1. The first kappa shape index (κ1) is 17.8. The summed E-state index contributed by atoms with van der Waals surface area (Å²) in [5.41, 5.74) is -1.09. The molecule has 0 aliphatic carbocycles. The van der Waals surface area contributed by atoms with Gasteiger partial charge in [0.1, 0.15) is 5.69 Å². The van der Waals surface area contributed by atoms with Gasteiger partial charge in [0, 0.05) is 19.2 Å². The van der Waals surface area contributed by atoms with Gasteiger partial charge in [-0.15, -0.1) is 0 Å². The Morgan fingerprint density at radius 2 is 2.04 bits per heavy atom. The van der Waals surface area contributed by atoms with Crippen molar-refractivity contribution in [2.45, 2.75) is 6.18 Å². The number of carboxylic acid groups (broad SMARTS) is 1. The molecule has 24 heavy (non-hydrogen) atoms. The summed E-state index contributed by atoms with van der Waals surface area (Å²) in [5, 5.41) is 20.0. The van der Waals surface area contributed by atoms with E-state index >= 15 is 0 Å². The van der Waals surface area contributed by atoms with Crippen LogP contribution < -0.4 is 9.64 Å². The van der Waals surface area contributed by atoms with Crippen LogP contribution in [-0.2, 0) is 4.79 Å². The molecule has 0 amide bonds. The fourth-order valence-electron chi connectivity index (χ4n) is 2.67. The summed E-state index contributed by atoms with van der Waals surface area (Å²) in [7, 11) is 1.09. The third-order valence-corrected chi connectivity index (χ3v) is 3.84. The van der Waals surface area contributed by atoms with E-state index in [0.29, 0.717) is 6.07 Å². The molecule has 11 heteroatoms. The van der Waals surface area contributed by atoms with E-state index in [1.807, 2.05) is 0 Å². The van der Waals surface area contributed by atoms with Crippen molar-refractivity contribution >= 4 is 17.3 Å². The molecule has 1 aromatic carbocycles. The van der Waals surface area contributed by atoms with E-state index in [-0.39, 0.29) is 5.69 Å². The van der Waals surface area contributed by atoms with Gasteiger partial charge in [-0.1, -0.05) is 0 Å². The van der Waals surface area contributed by atoms with E-state index in [1.165, 1.54) is 0 Å². The second-order valence-corrected chi connectivity index (χ2v) is 5.23. The molecule has 0 unspecified atom stereocenters. The van der Waals surface area contributed by atoms with Crippen LogP contribution >= 0.6 is 0 Å². The Morgan fingerprint density at radius 3 is 2.46 bits per heavy atom. The summed E-state index contributed by atoms with van der Waals surface area (Å²) in [5.74, 6) is -7.06. The smallest absolute Gasteiger partial charge is 0.394 e. The highest BCUT2D eigenvalue weighted by molar-refractivity contribution is 5.74. The average Bonchev–Trinajstić information content (AvgIpc) is 2.92. The van der Waals surface area contributed by atoms with Crippen LogP contribution in [0.3, 0.4) is 0 Å². The van der Waals surface area contributed by atoms with Crippen LogP contribution in [0.1, 0.15) is 0 Å². The summed E-state index contributed by atoms with van der Waals surface area (Å²) in [4.78, 5) is 22.1. The molecule has 0 bridgehead atoms. The quantitative estimate of drug-likeness (QED) is 0.508. The molecule has 1 heterocycles. The van der Waals surface area contributed by atoms with Crippen LogP contribution in [0, 0.1) is 27.8 Å². The van der Waals surface area contributed by atoms with Crippen LogP contribution in [0.25, 0.3) is 0 Å². The van der Waals surface area contributed by atoms with E-state index in [2.05, 4.69) is 4.74 Å². The maximum absolute atomic E-state index is 13.6. The third-order valence-electron chi connectivity index (χ3n) is 3.84. The second-order valence-electron chi connectivity index (χ2n) is 5.23. The lowest BCUT2D eigenvalue weighted by Crippen LogP contribution is -2.33. The maximum Gasteiger partial charge on any atom is 0.394 e. The van der Waals surface area contributed by atoms with Crippen LogP contribution in [0.5, 0.6) is 5.75 Å². The lowest BCUT2D eigenvalue weighted by molar-refractivity contribution is -0.384. The van der Waals surface area contributed by atoms with Crippen molar-refractivity contribution in [1.29, 1.82) is 0 Å². The number of alkyl halides is 3. The number of rotatable bonds is 4. The molecule has 2 atom stereocenters. The Balaban J connectivity index is 2.48. The standard InChI is InChI=1S/C13H12F4N2O5/c1-24-11-3-9(10(19(22)23)2-8(11)14)18-4-6(12(20)21)7(5-18)13(15,16)17/h2-3,6-7H,4-5H2,1H3,(H,20,21)/t6-,7-/m1/s1. The molecule has 1 aromatic rings. The van der Waals surface area contributed by atoms with E-state index in [4.69, 9.17) is 5.11 Å². The topological polar surface area (TPSA) is 92.9 Å². The van der Waals surface area contributed by atoms with Crippen molar-refractivity contribution in [3.05, 3.63) is 28.1 Å². The SMILES string of the molecule is COc1cc(N2C[C@@H](C(F)(F)F)[C@H](C(=O)O)C2)c([N+](=O)[O-])cc1F. The number of hydrogen-bond acceptors (Lipinski definition) is 5. The van der Waals surface area contributed by atoms with E-state index < -0.39 is 59.2 Å². The molecular formula is C13H12F4N2O5. The van der Waals surface area contributed by atoms with Gasteiger partial charge in [0.05, 0.1) is 29.9 Å². The number of benzene rings is 1. The molecule has 1 aliphatic rings. The summed E-state index contributed by atoms with van der Waals surface area (Å²) < 4.78 is 57.4. The highest BCUT2D eigenvalue weighted by Gasteiger charge is 2.53. The first-order valence-corrected chi connectivity index (χ1v) is 6.62. The number of nitro groups is 1. The van der Waals surface area contributed by atoms with E-state index in [1.54, 1.807) is 0 Å². The van der Waals surface area contributed by atoms with Gasteiger partial charge in [-0.3, -0.25) is 14.9 Å². The Bertz CT molecular complexity index is 679. The summed E-state index contributed by atoms with van der Waals surface area (Å²) in [6.45, 7) is -1.37. The van der Waals surface area contributed by atoms with Crippen molar-refractivity contribution < 1.29 is 37.1 Å². The van der Waals surface area contributed by atoms with Gasteiger partial charge < -0.3 is 14.7 Å². The van der Waals surface area contributed by atoms with Crippen molar-refractivity contribution in [3.63, 3.8) is 0 Å². The monoisotopic (exact) mass is 352 g/mol. The lowest BCUT2D eigenvalue weighted by Gasteiger charge is -2.20. The van der Waals surface area contributed by atoms with Crippen LogP contribution in [-0.4, -0.2) is 42.4 Å². The molecule has 1 saturated heterocycles. The Kier molecular flexibility index (Phi) is 4.54. The predicted molar refractivity (Wildman–Crippen MR) is 72.5 cm³/mol. The zero-order valence-corrected chi connectivity index (χ0v) is 12.2. The molecule has 0 radical (unpaired) electrons. The zero-order chi connectivity index (χ0) is 18.2. The Morgan fingerprint density at radius 1 is 1.42 bits per heavy atom. The van der Waals surface area contributed by atoms with Gasteiger partial charge in [-0.25, -0.2) is 4.39 Å². The van der Waals surface area contributed by atoms with Gasteiger partial charge in [0.2, 0.25) is 0 Å². The van der Waals surface area contributed by atoms with Gasteiger partial charge in [-0.05, 0) is 0 Å². The highest BCUT2D eigenvalue weighted by Crippen LogP contribution is 2.43. The summed E-state index contributed by atoms with van der Waals surface area (Å²) in [6.07, 6.45) is -4.78. The lowest BCUT2D eigenvalue weighted by atomic mass is 9.96. The number of ether oxygens (including phenoxy) is 1. The molecule has 1 N–H and O–H groups in total.